The van der Waals surface area contributed by atoms with E-state index < -0.39 is 17.4 Å². The molecule has 4 aliphatic rings. The topological polar surface area (TPSA) is 76.0 Å². The van der Waals surface area contributed by atoms with Crippen LogP contribution >= 0.6 is 11.6 Å². The summed E-state index contributed by atoms with van der Waals surface area (Å²) in [4.78, 5) is 30.6. The highest BCUT2D eigenvalue weighted by molar-refractivity contribution is 6.34. The Morgan fingerprint density at radius 2 is 1.78 bits per heavy atom. The van der Waals surface area contributed by atoms with Crippen LogP contribution in [0.3, 0.4) is 0 Å². The fourth-order valence-electron chi connectivity index (χ4n) is 7.16. The van der Waals surface area contributed by atoms with E-state index in [1.807, 2.05) is 25.7 Å². The minimum atomic E-state index is -0.811. The van der Waals surface area contributed by atoms with E-state index >= 15 is 4.39 Å². The molecule has 3 aliphatic heterocycles. The van der Waals surface area contributed by atoms with Gasteiger partial charge in [-0.2, -0.15) is 4.98 Å². The molecular weight excluding hydrogens is 598 g/mol. The quantitative estimate of drug-likeness (QED) is 0.331. The van der Waals surface area contributed by atoms with Crippen LogP contribution in [0.15, 0.2) is 36.9 Å². The molecule has 0 bridgehead atoms. The van der Waals surface area contributed by atoms with Gasteiger partial charge < -0.3 is 24.7 Å². The Kier molecular flexibility index (Phi) is 8.65. The minimum Gasteiger partial charge on any atom is -0.507 e. The van der Waals surface area contributed by atoms with Crippen LogP contribution < -0.4 is 9.80 Å². The number of hydrogen-bond acceptors (Lipinski definition) is 7. The van der Waals surface area contributed by atoms with Crippen LogP contribution in [0.2, 0.25) is 5.02 Å². The van der Waals surface area contributed by atoms with E-state index in [-0.39, 0.29) is 39.0 Å². The van der Waals surface area contributed by atoms with Crippen molar-refractivity contribution in [2.45, 2.75) is 58.5 Å². The predicted octanol–water partition coefficient (Wildman–Crippen LogP) is 6.25. The summed E-state index contributed by atoms with van der Waals surface area (Å²) in [5.41, 5.74) is -0.312. The van der Waals surface area contributed by atoms with Crippen LogP contribution in [-0.4, -0.2) is 88.7 Å². The lowest BCUT2D eigenvalue weighted by Crippen LogP contribution is -2.61. The summed E-state index contributed by atoms with van der Waals surface area (Å²) < 4.78 is 31.4. The number of likely N-dealkylation sites (tertiary alicyclic amines) is 1. The maximum absolute atomic E-state index is 16.5. The van der Waals surface area contributed by atoms with E-state index in [9.17, 15) is 14.3 Å². The first-order chi connectivity index (χ1) is 21.7. The molecule has 11 heteroatoms. The summed E-state index contributed by atoms with van der Waals surface area (Å²) in [6.07, 6.45) is 6.18. The molecule has 0 radical (unpaired) electrons. The number of phenols is 1. The van der Waals surface area contributed by atoms with Gasteiger partial charge in [0.25, 0.3) is 0 Å². The molecule has 4 heterocycles. The fourth-order valence-corrected chi connectivity index (χ4v) is 7.45. The maximum atomic E-state index is 16.5. The molecule has 1 N–H and O–H groups in total. The number of rotatable bonds is 5. The molecule has 3 saturated heterocycles. The molecule has 7 rings (SSSR count). The molecule has 3 aromatic rings. The summed E-state index contributed by atoms with van der Waals surface area (Å²) in [6.45, 7) is 14.8. The molecule has 4 fully saturated rings. The number of fused-ring (bicyclic) bond motifs is 1. The van der Waals surface area contributed by atoms with Gasteiger partial charge in [-0.1, -0.05) is 38.1 Å². The number of nitrogens with zero attached hydrogens (tertiary/aromatic N) is 6. The second kappa shape index (κ2) is 12.4. The number of amides is 1. The van der Waals surface area contributed by atoms with Crippen molar-refractivity contribution in [3.05, 3.63) is 53.6 Å². The molecular formula is C34H41ClF2N6O2. The van der Waals surface area contributed by atoms with Crippen molar-refractivity contribution in [1.82, 2.24) is 19.8 Å². The van der Waals surface area contributed by atoms with Crippen molar-refractivity contribution in [1.29, 1.82) is 0 Å². The number of carbonyl (C=O) groups excluding carboxylic acids is 1. The molecule has 240 valence electrons. The molecule has 1 unspecified atom stereocenters. The van der Waals surface area contributed by atoms with E-state index in [0.29, 0.717) is 36.8 Å². The Labute approximate surface area is 268 Å². The van der Waals surface area contributed by atoms with Crippen molar-refractivity contribution < 1.29 is 18.7 Å². The highest BCUT2D eigenvalue weighted by Crippen LogP contribution is 2.46. The lowest BCUT2D eigenvalue weighted by molar-refractivity contribution is -0.128. The van der Waals surface area contributed by atoms with Gasteiger partial charge in [0.2, 0.25) is 11.9 Å². The lowest BCUT2D eigenvalue weighted by Gasteiger charge is -2.54. The van der Waals surface area contributed by atoms with Crippen molar-refractivity contribution in [2.24, 2.45) is 5.41 Å². The van der Waals surface area contributed by atoms with E-state index in [1.54, 1.807) is 11.0 Å². The predicted molar refractivity (Wildman–Crippen MR) is 175 cm³/mol. The van der Waals surface area contributed by atoms with Gasteiger partial charge in [0.05, 0.1) is 10.6 Å². The zero-order valence-electron chi connectivity index (χ0n) is 26.2. The van der Waals surface area contributed by atoms with Crippen LogP contribution in [-0.2, 0) is 4.79 Å². The lowest BCUT2D eigenvalue weighted by atomic mass is 9.72. The number of anilines is 2. The monoisotopic (exact) mass is 638 g/mol. The average Bonchev–Trinajstić information content (AvgIpc) is 3.87. The third-order valence-corrected chi connectivity index (χ3v) is 10.0. The Hall–Kier alpha value is -3.50. The molecule has 1 saturated carbocycles. The highest BCUT2D eigenvalue weighted by Gasteiger charge is 2.47. The van der Waals surface area contributed by atoms with Gasteiger partial charge >= 0.3 is 0 Å². The average molecular weight is 639 g/mol. The number of aromatic nitrogens is 2. The first-order valence-electron chi connectivity index (χ1n) is 16.0. The molecule has 2 aromatic carbocycles. The van der Waals surface area contributed by atoms with Gasteiger partial charge in [0.1, 0.15) is 22.9 Å². The maximum Gasteiger partial charge on any atom is 0.246 e. The van der Waals surface area contributed by atoms with Crippen LogP contribution in [0.1, 0.15) is 46.5 Å². The number of halogens is 3. The standard InChI is InChI=1S/C32H35ClF2N6O2.C2H6/c1-3-25(43)41-14-13-39(16-19(41)2)30-21-15-22(33)26(27-23(34)5-4-6-24(27)42)28(35)29(21)36-31(37-30)40-17-32(18-40)9-11-38(12-10-32)20-7-8-20;1-2/h3-6,15,19-20,42H,1,7-14,16-18H2,2H3;1-2H3. The number of benzene rings is 2. The number of piperazine rings is 1. The van der Waals surface area contributed by atoms with E-state index in [0.717, 1.165) is 51.1 Å². The van der Waals surface area contributed by atoms with Crippen LogP contribution in [0.25, 0.3) is 22.0 Å². The van der Waals surface area contributed by atoms with Gasteiger partial charge in [-0.3, -0.25) is 4.79 Å². The second-order valence-electron chi connectivity index (χ2n) is 12.6. The molecule has 1 atom stereocenters. The SMILES string of the molecule is C=CC(=O)N1CCN(c2nc(N3CC4(CCN(C5CC5)CC4)C3)nc3c(F)c(-c4c(O)cccc4F)c(Cl)cc23)CC1C.CC. The number of hydrogen-bond donors (Lipinski definition) is 1. The Balaban J connectivity index is 0.00000175. The van der Waals surface area contributed by atoms with E-state index in [4.69, 9.17) is 21.6 Å². The van der Waals surface area contributed by atoms with Crippen LogP contribution in [0, 0.1) is 17.0 Å². The number of aromatic hydroxyl groups is 1. The summed E-state index contributed by atoms with van der Waals surface area (Å²) in [5.74, 6) is -1.20. The van der Waals surface area contributed by atoms with Gasteiger partial charge in [0, 0.05) is 61.2 Å². The van der Waals surface area contributed by atoms with Gasteiger partial charge in [0.15, 0.2) is 5.82 Å². The van der Waals surface area contributed by atoms with Gasteiger partial charge in [-0.15, -0.1) is 0 Å². The first kappa shape index (κ1) is 31.5. The molecule has 1 aliphatic carbocycles. The van der Waals surface area contributed by atoms with E-state index in [1.165, 1.54) is 31.1 Å². The summed E-state index contributed by atoms with van der Waals surface area (Å²) >= 11 is 6.62. The Morgan fingerprint density at radius 3 is 2.40 bits per heavy atom. The summed E-state index contributed by atoms with van der Waals surface area (Å²) in [7, 11) is 0. The normalized spacial score (nSPS) is 21.4. The zero-order valence-corrected chi connectivity index (χ0v) is 27.0. The van der Waals surface area contributed by atoms with Crippen molar-refractivity contribution >= 4 is 40.2 Å². The second-order valence-corrected chi connectivity index (χ2v) is 13.0. The minimum absolute atomic E-state index is 0.0174. The molecule has 45 heavy (non-hydrogen) atoms. The van der Waals surface area contributed by atoms with Crippen LogP contribution in [0.4, 0.5) is 20.5 Å². The summed E-state index contributed by atoms with van der Waals surface area (Å²) in [6, 6.07) is 6.00. The van der Waals surface area contributed by atoms with Crippen molar-refractivity contribution in [3.8, 4) is 16.9 Å². The smallest absolute Gasteiger partial charge is 0.246 e. The first-order valence-corrected chi connectivity index (χ1v) is 16.4. The van der Waals surface area contributed by atoms with Crippen LogP contribution in [0.5, 0.6) is 5.75 Å². The van der Waals surface area contributed by atoms with Gasteiger partial charge in [-0.05, 0) is 70.0 Å². The third kappa shape index (κ3) is 5.71. The number of piperidine rings is 1. The number of carbonyl (C=O) groups is 1. The largest absolute Gasteiger partial charge is 0.507 e. The molecule has 1 spiro atoms. The van der Waals surface area contributed by atoms with Gasteiger partial charge in [-0.25, -0.2) is 13.8 Å². The van der Waals surface area contributed by atoms with Crippen molar-refractivity contribution in [2.75, 3.05) is 55.6 Å². The number of phenolic OH excluding ortho intramolecular Hbond substituents is 1. The van der Waals surface area contributed by atoms with E-state index in [2.05, 4.69) is 16.4 Å². The fraction of sp³-hybridized carbons (Fsp3) is 0.500. The Bertz CT molecular complexity index is 1600. The Morgan fingerprint density at radius 1 is 1.07 bits per heavy atom. The zero-order chi connectivity index (χ0) is 32.0. The van der Waals surface area contributed by atoms with Crippen molar-refractivity contribution in [3.63, 3.8) is 0 Å². The summed E-state index contributed by atoms with van der Waals surface area (Å²) in [5, 5.41) is 10.8. The molecule has 1 aromatic heterocycles. The molecule has 8 nitrogen and oxygen atoms in total. The highest BCUT2D eigenvalue weighted by atomic mass is 35.5. The molecule has 1 amide bonds. The third-order valence-electron chi connectivity index (χ3n) is 9.73.